The van der Waals surface area contributed by atoms with Crippen molar-refractivity contribution >= 4 is 29.2 Å². The van der Waals surface area contributed by atoms with Crippen LogP contribution >= 0.6 is 22.9 Å². The van der Waals surface area contributed by atoms with Gasteiger partial charge in [0.15, 0.2) is 6.29 Å². The standard InChI is InChI=1S/C13H12ClNO2S/c1-9-12(18-8-15-9)5-6-17-11-4-2-3-10(7-16)13(11)14/h2-4,7-8H,5-6H2,1H3. The highest BCUT2D eigenvalue weighted by Crippen LogP contribution is 2.27. The highest BCUT2D eigenvalue weighted by molar-refractivity contribution is 7.09. The fourth-order valence-corrected chi connectivity index (χ4v) is 2.54. The van der Waals surface area contributed by atoms with E-state index in [0.29, 0.717) is 22.9 Å². The molecule has 0 fully saturated rings. The molecular weight excluding hydrogens is 270 g/mol. The van der Waals surface area contributed by atoms with Gasteiger partial charge in [-0.25, -0.2) is 4.98 Å². The van der Waals surface area contributed by atoms with Crippen molar-refractivity contribution in [2.75, 3.05) is 6.61 Å². The minimum atomic E-state index is 0.369. The molecule has 0 aliphatic carbocycles. The Labute approximate surface area is 114 Å². The third-order valence-corrected chi connectivity index (χ3v) is 3.95. The van der Waals surface area contributed by atoms with Crippen molar-refractivity contribution in [3.8, 4) is 5.75 Å². The van der Waals surface area contributed by atoms with E-state index in [0.717, 1.165) is 18.4 Å². The number of benzene rings is 1. The van der Waals surface area contributed by atoms with Crippen LogP contribution in [0.15, 0.2) is 23.7 Å². The molecule has 5 heteroatoms. The summed E-state index contributed by atoms with van der Waals surface area (Å²) >= 11 is 7.65. The van der Waals surface area contributed by atoms with Crippen molar-refractivity contribution in [2.24, 2.45) is 0 Å². The summed E-state index contributed by atoms with van der Waals surface area (Å²) in [5.74, 6) is 0.545. The van der Waals surface area contributed by atoms with Gasteiger partial charge in [-0.1, -0.05) is 17.7 Å². The van der Waals surface area contributed by atoms with Gasteiger partial charge in [-0.3, -0.25) is 4.79 Å². The van der Waals surface area contributed by atoms with Gasteiger partial charge in [-0.05, 0) is 19.1 Å². The van der Waals surface area contributed by atoms with Crippen molar-refractivity contribution in [3.63, 3.8) is 0 Å². The number of aryl methyl sites for hydroxylation is 1. The summed E-state index contributed by atoms with van der Waals surface area (Å²) in [6.45, 7) is 2.50. The van der Waals surface area contributed by atoms with Gasteiger partial charge in [0.1, 0.15) is 5.75 Å². The molecule has 1 heterocycles. The first kappa shape index (κ1) is 13.1. The van der Waals surface area contributed by atoms with E-state index in [9.17, 15) is 4.79 Å². The molecule has 1 aromatic carbocycles. The molecule has 0 aliphatic rings. The summed E-state index contributed by atoms with van der Waals surface area (Å²) in [7, 11) is 0. The van der Waals surface area contributed by atoms with E-state index in [1.807, 2.05) is 12.4 Å². The Bertz CT molecular complexity index is 554. The molecular formula is C13H12ClNO2S. The normalized spacial score (nSPS) is 10.3. The monoisotopic (exact) mass is 281 g/mol. The van der Waals surface area contributed by atoms with Crippen LogP contribution in [0.2, 0.25) is 5.02 Å². The molecule has 0 N–H and O–H groups in total. The van der Waals surface area contributed by atoms with Crippen molar-refractivity contribution in [1.82, 2.24) is 4.98 Å². The van der Waals surface area contributed by atoms with Crippen LogP contribution in [0.25, 0.3) is 0 Å². The fraction of sp³-hybridized carbons (Fsp3) is 0.231. The first-order chi connectivity index (χ1) is 8.72. The molecule has 0 amide bonds. The number of hydrogen-bond donors (Lipinski definition) is 0. The van der Waals surface area contributed by atoms with E-state index in [4.69, 9.17) is 16.3 Å². The third kappa shape index (κ3) is 2.89. The fourth-order valence-electron chi connectivity index (χ4n) is 1.55. The Balaban J connectivity index is 1.99. The van der Waals surface area contributed by atoms with Gasteiger partial charge in [-0.15, -0.1) is 11.3 Å². The molecule has 1 aromatic heterocycles. The van der Waals surface area contributed by atoms with Gasteiger partial charge >= 0.3 is 0 Å². The summed E-state index contributed by atoms with van der Waals surface area (Å²) in [4.78, 5) is 16.1. The number of carbonyl (C=O) groups excluding carboxylic acids is 1. The minimum Gasteiger partial charge on any atom is -0.492 e. The zero-order valence-electron chi connectivity index (χ0n) is 9.85. The van der Waals surface area contributed by atoms with E-state index >= 15 is 0 Å². The molecule has 0 spiro atoms. The van der Waals surface area contributed by atoms with Gasteiger partial charge in [0.05, 0.1) is 22.8 Å². The minimum absolute atomic E-state index is 0.369. The van der Waals surface area contributed by atoms with Gasteiger partial charge < -0.3 is 4.74 Å². The smallest absolute Gasteiger partial charge is 0.151 e. The number of hydrogen-bond acceptors (Lipinski definition) is 4. The Hall–Kier alpha value is -1.39. The molecule has 18 heavy (non-hydrogen) atoms. The van der Waals surface area contributed by atoms with E-state index in [1.54, 1.807) is 29.5 Å². The van der Waals surface area contributed by atoms with Gasteiger partial charge in [-0.2, -0.15) is 0 Å². The van der Waals surface area contributed by atoms with E-state index in [1.165, 1.54) is 4.88 Å². The highest BCUT2D eigenvalue weighted by atomic mass is 35.5. The van der Waals surface area contributed by atoms with E-state index in [2.05, 4.69) is 4.98 Å². The molecule has 0 bridgehead atoms. The number of halogens is 1. The number of aldehydes is 1. The molecule has 2 aromatic rings. The first-order valence-corrected chi connectivity index (χ1v) is 6.73. The second kappa shape index (κ2) is 5.98. The molecule has 0 radical (unpaired) electrons. The van der Waals surface area contributed by atoms with Crippen molar-refractivity contribution in [3.05, 3.63) is 44.9 Å². The van der Waals surface area contributed by atoms with Crippen LogP contribution in [0.1, 0.15) is 20.9 Å². The van der Waals surface area contributed by atoms with Crippen LogP contribution in [0, 0.1) is 6.92 Å². The number of aromatic nitrogens is 1. The molecule has 0 saturated carbocycles. The largest absolute Gasteiger partial charge is 0.492 e. The van der Waals surface area contributed by atoms with Gasteiger partial charge in [0.25, 0.3) is 0 Å². The number of nitrogens with zero attached hydrogens (tertiary/aromatic N) is 1. The average molecular weight is 282 g/mol. The number of ether oxygens (including phenoxy) is 1. The number of rotatable bonds is 5. The lowest BCUT2D eigenvalue weighted by Gasteiger charge is -2.08. The average Bonchev–Trinajstić information content (AvgIpc) is 2.77. The third-order valence-electron chi connectivity index (χ3n) is 2.55. The summed E-state index contributed by atoms with van der Waals surface area (Å²) in [5.41, 5.74) is 3.31. The van der Waals surface area contributed by atoms with Crippen LogP contribution in [-0.4, -0.2) is 17.9 Å². The van der Waals surface area contributed by atoms with Crippen molar-refractivity contribution in [1.29, 1.82) is 0 Å². The Morgan fingerprint density at radius 1 is 1.50 bits per heavy atom. The summed E-state index contributed by atoms with van der Waals surface area (Å²) in [6, 6.07) is 5.17. The van der Waals surface area contributed by atoms with Crippen LogP contribution < -0.4 is 4.74 Å². The predicted molar refractivity (Wildman–Crippen MR) is 72.9 cm³/mol. The van der Waals surface area contributed by atoms with Gasteiger partial charge in [0.2, 0.25) is 0 Å². The van der Waals surface area contributed by atoms with Crippen LogP contribution in [0.3, 0.4) is 0 Å². The second-order valence-corrected chi connectivity index (χ2v) is 5.05. The Kier molecular flexibility index (Phi) is 4.33. The molecule has 0 saturated heterocycles. The van der Waals surface area contributed by atoms with E-state index in [-0.39, 0.29) is 0 Å². The molecule has 0 unspecified atom stereocenters. The Morgan fingerprint density at radius 3 is 3.00 bits per heavy atom. The number of thiazole rings is 1. The van der Waals surface area contributed by atoms with Crippen LogP contribution in [0.4, 0.5) is 0 Å². The highest BCUT2D eigenvalue weighted by Gasteiger charge is 2.07. The molecule has 3 nitrogen and oxygen atoms in total. The maximum absolute atomic E-state index is 10.7. The second-order valence-electron chi connectivity index (χ2n) is 3.74. The van der Waals surface area contributed by atoms with Gasteiger partial charge in [0, 0.05) is 16.9 Å². The molecule has 94 valence electrons. The maximum Gasteiger partial charge on any atom is 0.151 e. The molecule has 2 rings (SSSR count). The first-order valence-electron chi connectivity index (χ1n) is 5.48. The SMILES string of the molecule is Cc1ncsc1CCOc1cccc(C=O)c1Cl. The zero-order chi connectivity index (χ0) is 13.0. The van der Waals surface area contributed by atoms with E-state index < -0.39 is 0 Å². The summed E-state index contributed by atoms with van der Waals surface area (Å²) < 4.78 is 5.60. The maximum atomic E-state index is 10.7. The Morgan fingerprint density at radius 2 is 2.33 bits per heavy atom. The lowest BCUT2D eigenvalue weighted by atomic mass is 10.2. The molecule has 0 atom stereocenters. The summed E-state index contributed by atoms with van der Waals surface area (Å²) in [6.07, 6.45) is 1.51. The number of carbonyl (C=O) groups is 1. The zero-order valence-corrected chi connectivity index (χ0v) is 11.4. The quantitative estimate of drug-likeness (QED) is 0.787. The molecule has 0 aliphatic heterocycles. The summed E-state index contributed by atoms with van der Waals surface area (Å²) in [5, 5.41) is 0.369. The van der Waals surface area contributed by atoms with Crippen LogP contribution in [-0.2, 0) is 6.42 Å². The predicted octanol–water partition coefficient (Wildman–Crippen LogP) is 3.54. The van der Waals surface area contributed by atoms with Crippen molar-refractivity contribution in [2.45, 2.75) is 13.3 Å². The topological polar surface area (TPSA) is 39.2 Å². The lowest BCUT2D eigenvalue weighted by Crippen LogP contribution is -2.02. The van der Waals surface area contributed by atoms with Crippen LogP contribution in [0.5, 0.6) is 5.75 Å². The lowest BCUT2D eigenvalue weighted by molar-refractivity contribution is 0.112. The van der Waals surface area contributed by atoms with Crippen molar-refractivity contribution < 1.29 is 9.53 Å².